The van der Waals surface area contributed by atoms with E-state index in [1.165, 1.54) is 13.2 Å². The molecule has 0 fully saturated rings. The lowest BCUT2D eigenvalue weighted by molar-refractivity contribution is -0.147. The Balaban J connectivity index is 3.00. The van der Waals surface area contributed by atoms with Crippen LogP contribution >= 0.6 is 0 Å². The number of carbonyl (C=O) groups is 2. The highest BCUT2D eigenvalue weighted by Crippen LogP contribution is 2.27. The van der Waals surface area contributed by atoms with Crippen molar-refractivity contribution in [3.05, 3.63) is 29.3 Å². The smallest absolute Gasteiger partial charge is 0.337 e. The van der Waals surface area contributed by atoms with Crippen molar-refractivity contribution in [1.29, 1.82) is 0 Å². The van der Waals surface area contributed by atoms with Crippen LogP contribution in [0.25, 0.3) is 0 Å². The molecule has 17 heavy (non-hydrogen) atoms. The van der Waals surface area contributed by atoms with Gasteiger partial charge in [0.15, 0.2) is 6.10 Å². The largest absolute Gasteiger partial charge is 0.496 e. The Kier molecular flexibility index (Phi) is 4.66. The number of benzene rings is 1. The van der Waals surface area contributed by atoms with E-state index in [2.05, 4.69) is 0 Å². The molecule has 0 amide bonds. The van der Waals surface area contributed by atoms with Crippen molar-refractivity contribution in [3.8, 4) is 5.75 Å². The third-order valence-electron chi connectivity index (χ3n) is 2.38. The highest BCUT2D eigenvalue weighted by Gasteiger charge is 2.20. The van der Waals surface area contributed by atoms with E-state index in [1.54, 1.807) is 12.1 Å². The van der Waals surface area contributed by atoms with Gasteiger partial charge in [-0.25, -0.2) is 4.79 Å². The molecule has 0 spiro atoms. The summed E-state index contributed by atoms with van der Waals surface area (Å²) in [4.78, 5) is 20.9. The molecule has 1 unspecified atom stereocenters. The molecule has 0 radical (unpaired) electrons. The number of ether oxygens (including phenoxy) is 1. The summed E-state index contributed by atoms with van der Waals surface area (Å²) in [6, 6.07) is 4.80. The first kappa shape index (κ1) is 13.2. The summed E-state index contributed by atoms with van der Waals surface area (Å²) < 4.78 is 5.03. The minimum atomic E-state index is -1.61. The number of methoxy groups -OCH3 is 1. The van der Waals surface area contributed by atoms with Crippen molar-refractivity contribution in [1.82, 2.24) is 0 Å². The molecule has 92 valence electrons. The lowest BCUT2D eigenvalue weighted by Crippen LogP contribution is -2.11. The number of aliphatic hydroxyl groups is 1. The number of aryl methyl sites for hydroxylation is 1. The third kappa shape index (κ3) is 3.29. The Bertz CT molecular complexity index is 413. The molecule has 0 heterocycles. The number of aliphatic hydroxyl groups excluding tert-OH is 1. The van der Waals surface area contributed by atoms with Crippen molar-refractivity contribution in [3.63, 3.8) is 0 Å². The van der Waals surface area contributed by atoms with Gasteiger partial charge in [-0.1, -0.05) is 12.1 Å². The lowest BCUT2D eigenvalue weighted by atomic mass is 10.0. The second-order valence-electron chi connectivity index (χ2n) is 3.52. The van der Waals surface area contributed by atoms with E-state index in [-0.39, 0.29) is 5.56 Å². The first-order valence-electron chi connectivity index (χ1n) is 5.11. The molecule has 1 rings (SSSR count). The van der Waals surface area contributed by atoms with Crippen molar-refractivity contribution in [2.75, 3.05) is 7.11 Å². The van der Waals surface area contributed by atoms with Crippen LogP contribution in [0, 0.1) is 0 Å². The van der Waals surface area contributed by atoms with Gasteiger partial charge in [-0.2, -0.15) is 0 Å². The summed E-state index contributed by atoms with van der Waals surface area (Å²) in [7, 11) is 1.40. The summed E-state index contributed by atoms with van der Waals surface area (Å²) in [6.45, 7) is 0. The monoisotopic (exact) mass is 238 g/mol. The van der Waals surface area contributed by atoms with Crippen LogP contribution in [0.15, 0.2) is 18.2 Å². The number of carboxylic acid groups (broad SMARTS) is 1. The highest BCUT2D eigenvalue weighted by molar-refractivity contribution is 5.75. The molecule has 0 saturated heterocycles. The zero-order valence-electron chi connectivity index (χ0n) is 9.42. The second-order valence-corrected chi connectivity index (χ2v) is 3.52. The van der Waals surface area contributed by atoms with E-state index >= 15 is 0 Å². The fourth-order valence-electron chi connectivity index (χ4n) is 1.50. The summed E-state index contributed by atoms with van der Waals surface area (Å²) in [5, 5.41) is 18.2. The molecular formula is C12H14O5. The molecule has 1 atom stereocenters. The van der Waals surface area contributed by atoms with Crippen LogP contribution in [0.3, 0.4) is 0 Å². The van der Waals surface area contributed by atoms with Gasteiger partial charge < -0.3 is 19.7 Å². The molecule has 0 aliphatic heterocycles. The van der Waals surface area contributed by atoms with Gasteiger partial charge in [-0.3, -0.25) is 0 Å². The molecular weight excluding hydrogens is 224 g/mol. The first-order valence-corrected chi connectivity index (χ1v) is 5.11. The summed E-state index contributed by atoms with van der Waals surface area (Å²) >= 11 is 0. The van der Waals surface area contributed by atoms with Crippen molar-refractivity contribution in [2.45, 2.75) is 18.9 Å². The number of rotatable bonds is 6. The molecule has 0 aromatic heterocycles. The number of carboxylic acids is 1. The van der Waals surface area contributed by atoms with Gasteiger partial charge >= 0.3 is 5.97 Å². The molecule has 0 bridgehead atoms. The lowest BCUT2D eigenvalue weighted by Gasteiger charge is -2.12. The van der Waals surface area contributed by atoms with Crippen LogP contribution in [0.2, 0.25) is 0 Å². The van der Waals surface area contributed by atoms with Crippen molar-refractivity contribution < 1.29 is 24.5 Å². The Morgan fingerprint density at radius 2 is 2.24 bits per heavy atom. The van der Waals surface area contributed by atoms with Crippen LogP contribution in [0.5, 0.6) is 5.75 Å². The Morgan fingerprint density at radius 3 is 2.76 bits per heavy atom. The van der Waals surface area contributed by atoms with Crippen molar-refractivity contribution in [2.24, 2.45) is 0 Å². The summed E-state index contributed by atoms with van der Waals surface area (Å²) in [6.07, 6.45) is 0.157. The molecule has 0 saturated carbocycles. The van der Waals surface area contributed by atoms with E-state index in [0.717, 1.165) is 11.8 Å². The van der Waals surface area contributed by atoms with Crippen LogP contribution in [-0.4, -0.2) is 29.6 Å². The maximum atomic E-state index is 10.7. The van der Waals surface area contributed by atoms with Gasteiger partial charge in [0, 0.05) is 12.0 Å². The van der Waals surface area contributed by atoms with E-state index in [0.29, 0.717) is 18.6 Å². The molecule has 0 aliphatic rings. The Hall–Kier alpha value is -1.88. The molecule has 1 aromatic rings. The average molecular weight is 238 g/mol. The van der Waals surface area contributed by atoms with Gasteiger partial charge in [0.2, 0.25) is 0 Å². The standard InChI is InChI=1S/C12H14O5/c1-17-10-7-8(3-2-6-13)4-5-9(10)11(14)12(15)16/h4-7,11,14H,2-3H2,1H3,(H,15,16). The van der Waals surface area contributed by atoms with Gasteiger partial charge in [-0.05, 0) is 18.1 Å². The van der Waals surface area contributed by atoms with Crippen molar-refractivity contribution >= 4 is 12.3 Å². The SMILES string of the molecule is COc1cc(CCC=O)ccc1C(O)C(=O)O. The zero-order chi connectivity index (χ0) is 12.8. The third-order valence-corrected chi connectivity index (χ3v) is 2.38. The quantitative estimate of drug-likeness (QED) is 0.721. The van der Waals surface area contributed by atoms with Gasteiger partial charge in [0.1, 0.15) is 12.0 Å². The number of aliphatic carboxylic acids is 1. The average Bonchev–Trinajstić information content (AvgIpc) is 2.34. The van der Waals surface area contributed by atoms with Gasteiger partial charge in [-0.15, -0.1) is 0 Å². The van der Waals surface area contributed by atoms with Crippen LogP contribution in [-0.2, 0) is 16.0 Å². The van der Waals surface area contributed by atoms with Crippen LogP contribution in [0.4, 0.5) is 0 Å². The van der Waals surface area contributed by atoms with Crippen LogP contribution < -0.4 is 4.74 Å². The highest BCUT2D eigenvalue weighted by atomic mass is 16.5. The minimum Gasteiger partial charge on any atom is -0.496 e. The number of hydrogen-bond acceptors (Lipinski definition) is 4. The number of carbonyl (C=O) groups excluding carboxylic acids is 1. The fourth-order valence-corrected chi connectivity index (χ4v) is 1.50. The van der Waals surface area contributed by atoms with Gasteiger partial charge in [0.25, 0.3) is 0 Å². The van der Waals surface area contributed by atoms with E-state index in [1.807, 2.05) is 0 Å². The minimum absolute atomic E-state index is 0.204. The molecule has 0 aliphatic carbocycles. The fraction of sp³-hybridized carbons (Fsp3) is 0.333. The first-order chi connectivity index (χ1) is 8.10. The zero-order valence-corrected chi connectivity index (χ0v) is 9.42. The van der Waals surface area contributed by atoms with E-state index in [9.17, 15) is 14.7 Å². The normalized spacial score (nSPS) is 11.9. The predicted molar refractivity (Wildman–Crippen MR) is 60.0 cm³/mol. The predicted octanol–water partition coefficient (Wildman–Crippen LogP) is 0.945. The molecule has 2 N–H and O–H groups in total. The Morgan fingerprint density at radius 1 is 1.53 bits per heavy atom. The topological polar surface area (TPSA) is 83.8 Å². The molecule has 5 nitrogen and oxygen atoms in total. The van der Waals surface area contributed by atoms with E-state index in [4.69, 9.17) is 9.84 Å². The van der Waals surface area contributed by atoms with Gasteiger partial charge in [0.05, 0.1) is 7.11 Å². The van der Waals surface area contributed by atoms with Crippen LogP contribution in [0.1, 0.15) is 23.7 Å². The number of aldehydes is 1. The molecule has 1 aromatic carbocycles. The maximum absolute atomic E-state index is 10.7. The summed E-state index contributed by atoms with van der Waals surface area (Å²) in [5.41, 5.74) is 1.06. The number of hydrogen-bond donors (Lipinski definition) is 2. The van der Waals surface area contributed by atoms with E-state index < -0.39 is 12.1 Å². The maximum Gasteiger partial charge on any atom is 0.337 e. The second kappa shape index (κ2) is 6.00. The summed E-state index contributed by atoms with van der Waals surface area (Å²) in [5.74, 6) is -1.02. The Labute approximate surface area is 98.6 Å². The molecule has 5 heteroatoms.